The van der Waals surface area contributed by atoms with Gasteiger partial charge in [-0.2, -0.15) is 0 Å². The first-order valence-corrected chi connectivity index (χ1v) is 9.21. The molecular weight excluding hydrogens is 338 g/mol. The second-order valence-corrected chi connectivity index (χ2v) is 7.10. The van der Waals surface area contributed by atoms with Gasteiger partial charge in [-0.15, -0.1) is 0 Å². The van der Waals surface area contributed by atoms with Gasteiger partial charge in [-0.05, 0) is 24.1 Å². The summed E-state index contributed by atoms with van der Waals surface area (Å²) in [7, 11) is 1.99. The molecule has 6 nitrogen and oxygen atoms in total. The highest BCUT2D eigenvalue weighted by Crippen LogP contribution is 2.33. The first kappa shape index (κ1) is 16.2. The smallest absolute Gasteiger partial charge is 0.158 e. The van der Waals surface area contributed by atoms with Gasteiger partial charge in [0.15, 0.2) is 5.82 Å². The predicted octanol–water partition coefficient (Wildman–Crippen LogP) is 3.26. The Balaban J connectivity index is 1.48. The van der Waals surface area contributed by atoms with E-state index >= 15 is 0 Å². The number of aryl methyl sites for hydroxylation is 1. The normalized spacial score (nSPS) is 19.7. The Kier molecular flexibility index (Phi) is 3.98. The number of fused-ring (bicyclic) bond motifs is 1. The molecule has 1 aromatic carbocycles. The maximum Gasteiger partial charge on any atom is 0.158 e. The molecule has 1 saturated heterocycles. The summed E-state index contributed by atoms with van der Waals surface area (Å²) in [5.74, 6) is 1.33. The highest BCUT2D eigenvalue weighted by molar-refractivity contribution is 5.81. The fourth-order valence-electron chi connectivity index (χ4n) is 4.06. The molecule has 27 heavy (non-hydrogen) atoms. The largest absolute Gasteiger partial charge is 0.379 e. The van der Waals surface area contributed by atoms with Crippen LogP contribution in [0.15, 0.2) is 61.4 Å². The lowest BCUT2D eigenvalue weighted by atomic mass is 9.93. The van der Waals surface area contributed by atoms with E-state index < -0.39 is 0 Å². The van der Waals surface area contributed by atoms with Crippen LogP contribution in [-0.2, 0) is 18.2 Å². The summed E-state index contributed by atoms with van der Waals surface area (Å²) in [6.45, 7) is 1.46. The van der Waals surface area contributed by atoms with Crippen molar-refractivity contribution in [2.24, 2.45) is 13.0 Å². The number of hydrogen-bond acceptors (Lipinski definition) is 4. The van der Waals surface area contributed by atoms with E-state index in [1.807, 2.05) is 36.3 Å². The summed E-state index contributed by atoms with van der Waals surface area (Å²) in [5.41, 5.74) is 3.38. The van der Waals surface area contributed by atoms with Gasteiger partial charge in [0.25, 0.3) is 0 Å². The molecule has 0 spiro atoms. The number of benzene rings is 1. The minimum absolute atomic E-state index is 0.254. The number of pyridine rings is 1. The predicted molar refractivity (Wildman–Crippen MR) is 103 cm³/mol. The Morgan fingerprint density at radius 3 is 2.93 bits per heavy atom. The van der Waals surface area contributed by atoms with Crippen molar-refractivity contribution in [3.63, 3.8) is 0 Å². The Labute approximate surface area is 157 Å². The van der Waals surface area contributed by atoms with Crippen LogP contribution in [0.2, 0.25) is 0 Å². The van der Waals surface area contributed by atoms with Crippen LogP contribution in [0.5, 0.6) is 0 Å². The van der Waals surface area contributed by atoms with Crippen LogP contribution in [0, 0.1) is 5.92 Å². The zero-order valence-electron chi connectivity index (χ0n) is 15.2. The SMILES string of the molecule is Cn1cncc1-c1nccn1[C@@H]1COC[C@H]1Cc1ccnc2ccccc12. The summed E-state index contributed by atoms with van der Waals surface area (Å²) in [4.78, 5) is 13.3. The molecule has 3 aromatic heterocycles. The maximum atomic E-state index is 5.89. The first-order valence-electron chi connectivity index (χ1n) is 9.21. The van der Waals surface area contributed by atoms with Crippen LogP contribution in [0.3, 0.4) is 0 Å². The third-order valence-electron chi connectivity index (χ3n) is 5.46. The van der Waals surface area contributed by atoms with Crippen LogP contribution in [-0.4, -0.2) is 37.3 Å². The van der Waals surface area contributed by atoms with Gasteiger partial charge in [0.05, 0.1) is 37.3 Å². The zero-order chi connectivity index (χ0) is 18.2. The average Bonchev–Trinajstić information content (AvgIpc) is 3.42. The monoisotopic (exact) mass is 359 g/mol. The molecule has 0 radical (unpaired) electrons. The van der Waals surface area contributed by atoms with Crippen molar-refractivity contribution in [1.29, 1.82) is 0 Å². The molecule has 6 heteroatoms. The molecule has 1 aliphatic rings. The summed E-state index contributed by atoms with van der Waals surface area (Å²) in [6, 6.07) is 10.7. The van der Waals surface area contributed by atoms with Gasteiger partial charge in [-0.3, -0.25) is 4.98 Å². The van der Waals surface area contributed by atoms with Gasteiger partial charge in [-0.25, -0.2) is 9.97 Å². The lowest BCUT2D eigenvalue weighted by Gasteiger charge is -2.22. The highest BCUT2D eigenvalue weighted by Gasteiger charge is 2.32. The fraction of sp³-hybridized carbons (Fsp3) is 0.286. The minimum Gasteiger partial charge on any atom is -0.379 e. The third-order valence-corrected chi connectivity index (χ3v) is 5.46. The van der Waals surface area contributed by atoms with Crippen molar-refractivity contribution >= 4 is 10.9 Å². The molecule has 4 heterocycles. The summed E-state index contributed by atoms with van der Waals surface area (Å²) >= 11 is 0. The first-order chi connectivity index (χ1) is 13.3. The van der Waals surface area contributed by atoms with Crippen molar-refractivity contribution < 1.29 is 4.74 Å². The number of rotatable bonds is 4. The average molecular weight is 359 g/mol. The van der Waals surface area contributed by atoms with Gasteiger partial charge >= 0.3 is 0 Å². The standard InChI is InChI=1S/C21H21N5O/c1-25-14-22-11-19(25)21-24-8-9-26(21)20-13-27-12-16(20)10-15-6-7-23-18-5-3-2-4-17(15)18/h2-9,11,14,16,20H,10,12-13H2,1H3/t16-,20-/m1/s1. The van der Waals surface area contributed by atoms with Crippen LogP contribution in [0.25, 0.3) is 22.4 Å². The number of hydrogen-bond donors (Lipinski definition) is 0. The second kappa shape index (κ2) is 6.63. The van der Waals surface area contributed by atoms with E-state index in [1.54, 1.807) is 6.33 Å². The molecule has 2 atom stereocenters. The molecule has 4 aromatic rings. The van der Waals surface area contributed by atoms with Crippen LogP contribution in [0.4, 0.5) is 0 Å². The van der Waals surface area contributed by atoms with E-state index in [2.05, 4.69) is 50.0 Å². The molecular formula is C21H21N5O. The Morgan fingerprint density at radius 2 is 2.04 bits per heavy atom. The van der Waals surface area contributed by atoms with Gasteiger partial charge in [0, 0.05) is 36.9 Å². The van der Waals surface area contributed by atoms with Crippen LogP contribution in [0.1, 0.15) is 11.6 Å². The number of para-hydroxylation sites is 1. The molecule has 0 saturated carbocycles. The van der Waals surface area contributed by atoms with Crippen molar-refractivity contribution in [2.45, 2.75) is 12.5 Å². The van der Waals surface area contributed by atoms with Crippen molar-refractivity contribution in [2.75, 3.05) is 13.2 Å². The Bertz CT molecular complexity index is 1080. The zero-order valence-corrected chi connectivity index (χ0v) is 15.2. The topological polar surface area (TPSA) is 57.8 Å². The Hall–Kier alpha value is -2.99. The highest BCUT2D eigenvalue weighted by atomic mass is 16.5. The Morgan fingerprint density at radius 1 is 1.11 bits per heavy atom. The molecule has 0 aliphatic carbocycles. The molecule has 0 amide bonds. The lowest BCUT2D eigenvalue weighted by molar-refractivity contribution is 0.181. The van der Waals surface area contributed by atoms with Crippen molar-refractivity contribution in [3.05, 3.63) is 67.0 Å². The summed E-state index contributed by atoms with van der Waals surface area (Å²) in [6.07, 6.45) is 10.4. The quantitative estimate of drug-likeness (QED) is 0.561. The molecule has 0 unspecified atom stereocenters. The maximum absolute atomic E-state index is 5.89. The molecule has 136 valence electrons. The lowest BCUT2D eigenvalue weighted by Crippen LogP contribution is -2.20. The van der Waals surface area contributed by atoms with Crippen molar-refractivity contribution in [3.8, 4) is 11.5 Å². The van der Waals surface area contributed by atoms with Crippen molar-refractivity contribution in [1.82, 2.24) is 24.1 Å². The van der Waals surface area contributed by atoms with Crippen LogP contribution < -0.4 is 0 Å². The minimum atomic E-state index is 0.254. The number of nitrogens with zero attached hydrogens (tertiary/aromatic N) is 5. The molecule has 0 N–H and O–H groups in total. The van der Waals surface area contributed by atoms with Gasteiger partial charge < -0.3 is 13.9 Å². The molecule has 0 bridgehead atoms. The third kappa shape index (κ3) is 2.82. The molecule has 1 fully saturated rings. The summed E-state index contributed by atoms with van der Waals surface area (Å²) in [5, 5.41) is 1.23. The van der Waals surface area contributed by atoms with E-state index in [0.29, 0.717) is 12.5 Å². The number of aromatic nitrogens is 5. The van der Waals surface area contributed by atoms with Gasteiger partial charge in [-0.1, -0.05) is 18.2 Å². The van der Waals surface area contributed by atoms with E-state index in [1.165, 1.54) is 10.9 Å². The van der Waals surface area contributed by atoms with Gasteiger partial charge in [0.2, 0.25) is 0 Å². The van der Waals surface area contributed by atoms with Crippen LogP contribution >= 0.6 is 0 Å². The van der Waals surface area contributed by atoms with E-state index in [4.69, 9.17) is 4.74 Å². The van der Waals surface area contributed by atoms with E-state index in [-0.39, 0.29) is 6.04 Å². The summed E-state index contributed by atoms with van der Waals surface area (Å²) < 4.78 is 10.1. The number of imidazole rings is 2. The van der Waals surface area contributed by atoms with E-state index in [0.717, 1.165) is 30.1 Å². The molecule has 1 aliphatic heterocycles. The fourth-order valence-corrected chi connectivity index (χ4v) is 4.06. The molecule has 5 rings (SSSR count). The van der Waals surface area contributed by atoms with E-state index in [9.17, 15) is 0 Å². The second-order valence-electron chi connectivity index (χ2n) is 7.10. The van der Waals surface area contributed by atoms with Gasteiger partial charge in [0.1, 0.15) is 5.69 Å². The number of ether oxygens (including phenoxy) is 1.